The number of anilines is 1. The summed E-state index contributed by atoms with van der Waals surface area (Å²) in [5, 5.41) is 7.38. The summed E-state index contributed by atoms with van der Waals surface area (Å²) in [7, 11) is 0. The zero-order valence-corrected chi connectivity index (χ0v) is 13.0. The molecule has 3 rings (SSSR count). The molecule has 0 spiro atoms. The Balaban J connectivity index is 1.99. The molecule has 0 saturated carbocycles. The number of rotatable bonds is 5. The van der Waals surface area contributed by atoms with Crippen molar-refractivity contribution in [3.05, 3.63) is 29.5 Å². The van der Waals surface area contributed by atoms with Crippen molar-refractivity contribution in [1.82, 2.24) is 9.97 Å². The van der Waals surface area contributed by atoms with Gasteiger partial charge in [0.15, 0.2) is 0 Å². The Kier molecular flexibility index (Phi) is 3.93. The minimum absolute atomic E-state index is 0.699. The van der Waals surface area contributed by atoms with Crippen molar-refractivity contribution in [3.8, 4) is 0 Å². The SMILES string of the molecule is CCCNc1nc(Sc2ccoc2C)c2ccsc2n1. The lowest BCUT2D eigenvalue weighted by molar-refractivity contribution is 0.527. The highest BCUT2D eigenvalue weighted by atomic mass is 32.2. The van der Waals surface area contributed by atoms with E-state index in [1.807, 2.05) is 13.0 Å². The standard InChI is InChI=1S/C14H15N3OS2/c1-3-6-15-14-16-12-10(5-8-19-12)13(17-14)20-11-4-7-18-9(11)2/h4-5,7-8H,3,6H2,1-2H3,(H,15,16,17). The molecule has 3 aromatic rings. The van der Waals surface area contributed by atoms with Gasteiger partial charge in [0.1, 0.15) is 15.6 Å². The Labute approximate surface area is 125 Å². The topological polar surface area (TPSA) is 51.0 Å². The highest BCUT2D eigenvalue weighted by Crippen LogP contribution is 2.36. The number of hydrogen-bond donors (Lipinski definition) is 1. The minimum atomic E-state index is 0.699. The van der Waals surface area contributed by atoms with Gasteiger partial charge in [0.05, 0.1) is 11.2 Å². The first-order valence-corrected chi connectivity index (χ1v) is 8.18. The average molecular weight is 305 g/mol. The highest BCUT2D eigenvalue weighted by Gasteiger charge is 2.12. The molecule has 3 heterocycles. The van der Waals surface area contributed by atoms with Crippen molar-refractivity contribution >= 4 is 39.3 Å². The Morgan fingerprint density at radius 1 is 1.35 bits per heavy atom. The number of hydrogen-bond acceptors (Lipinski definition) is 6. The highest BCUT2D eigenvalue weighted by molar-refractivity contribution is 7.99. The predicted octanol–water partition coefficient (Wildman–Crippen LogP) is 4.57. The maximum atomic E-state index is 5.35. The van der Waals surface area contributed by atoms with Crippen molar-refractivity contribution in [3.63, 3.8) is 0 Å². The van der Waals surface area contributed by atoms with Gasteiger partial charge in [-0.3, -0.25) is 0 Å². The molecule has 0 bridgehead atoms. The van der Waals surface area contributed by atoms with Crippen molar-refractivity contribution in [2.75, 3.05) is 11.9 Å². The van der Waals surface area contributed by atoms with Gasteiger partial charge in [0.25, 0.3) is 0 Å². The average Bonchev–Trinajstić information content (AvgIpc) is 3.06. The Morgan fingerprint density at radius 3 is 3.00 bits per heavy atom. The molecule has 6 heteroatoms. The molecule has 0 aromatic carbocycles. The number of nitrogens with zero attached hydrogens (tertiary/aromatic N) is 2. The van der Waals surface area contributed by atoms with Gasteiger partial charge >= 0.3 is 0 Å². The number of nitrogens with one attached hydrogen (secondary N) is 1. The van der Waals surface area contributed by atoms with Gasteiger partial charge in [-0.1, -0.05) is 18.7 Å². The molecule has 3 aromatic heterocycles. The van der Waals surface area contributed by atoms with Crippen molar-refractivity contribution < 1.29 is 4.42 Å². The van der Waals surface area contributed by atoms with Crippen LogP contribution < -0.4 is 5.32 Å². The third-order valence-corrected chi connectivity index (χ3v) is 4.80. The van der Waals surface area contributed by atoms with E-state index in [0.29, 0.717) is 5.95 Å². The summed E-state index contributed by atoms with van der Waals surface area (Å²) in [5.41, 5.74) is 0. The first-order valence-electron chi connectivity index (χ1n) is 6.49. The van der Waals surface area contributed by atoms with E-state index in [0.717, 1.165) is 38.9 Å². The molecule has 0 radical (unpaired) electrons. The van der Waals surface area contributed by atoms with E-state index in [4.69, 9.17) is 4.42 Å². The van der Waals surface area contributed by atoms with Crippen LogP contribution in [0.2, 0.25) is 0 Å². The minimum Gasteiger partial charge on any atom is -0.468 e. The number of fused-ring (bicyclic) bond motifs is 1. The van der Waals surface area contributed by atoms with Crippen molar-refractivity contribution in [1.29, 1.82) is 0 Å². The van der Waals surface area contributed by atoms with Gasteiger partial charge in [-0.05, 0) is 30.9 Å². The van der Waals surface area contributed by atoms with Gasteiger partial charge in [-0.25, -0.2) is 9.97 Å². The normalized spacial score (nSPS) is 11.1. The van der Waals surface area contributed by atoms with Gasteiger partial charge < -0.3 is 9.73 Å². The monoisotopic (exact) mass is 305 g/mol. The van der Waals surface area contributed by atoms with E-state index in [-0.39, 0.29) is 0 Å². The fourth-order valence-electron chi connectivity index (χ4n) is 1.81. The van der Waals surface area contributed by atoms with E-state index in [1.54, 1.807) is 29.4 Å². The van der Waals surface area contributed by atoms with E-state index in [9.17, 15) is 0 Å². The van der Waals surface area contributed by atoms with Gasteiger partial charge in [-0.2, -0.15) is 0 Å². The van der Waals surface area contributed by atoms with E-state index < -0.39 is 0 Å². The molecule has 0 aliphatic rings. The molecule has 0 amide bonds. The maximum absolute atomic E-state index is 5.35. The zero-order valence-electron chi connectivity index (χ0n) is 11.3. The predicted molar refractivity (Wildman–Crippen MR) is 83.8 cm³/mol. The lowest BCUT2D eigenvalue weighted by Gasteiger charge is -2.06. The van der Waals surface area contributed by atoms with Crippen LogP contribution in [0, 0.1) is 6.92 Å². The molecule has 0 unspecified atom stereocenters. The summed E-state index contributed by atoms with van der Waals surface area (Å²) >= 11 is 3.26. The quantitative estimate of drug-likeness (QED) is 0.700. The Morgan fingerprint density at radius 2 is 2.25 bits per heavy atom. The molecular weight excluding hydrogens is 290 g/mol. The van der Waals surface area contributed by atoms with Gasteiger partial charge in [0.2, 0.25) is 5.95 Å². The second kappa shape index (κ2) is 5.85. The second-order valence-electron chi connectivity index (χ2n) is 4.36. The van der Waals surface area contributed by atoms with Crippen molar-refractivity contribution in [2.24, 2.45) is 0 Å². The van der Waals surface area contributed by atoms with Crippen LogP contribution in [-0.4, -0.2) is 16.5 Å². The van der Waals surface area contributed by atoms with Crippen LogP contribution in [-0.2, 0) is 0 Å². The van der Waals surface area contributed by atoms with Crippen LogP contribution in [0.1, 0.15) is 19.1 Å². The van der Waals surface area contributed by atoms with Crippen LogP contribution in [0.4, 0.5) is 5.95 Å². The molecule has 0 aliphatic heterocycles. The zero-order chi connectivity index (χ0) is 13.9. The van der Waals surface area contributed by atoms with Crippen LogP contribution in [0.3, 0.4) is 0 Å². The summed E-state index contributed by atoms with van der Waals surface area (Å²) in [6.07, 6.45) is 2.76. The van der Waals surface area contributed by atoms with Crippen molar-refractivity contribution in [2.45, 2.75) is 30.2 Å². The smallest absolute Gasteiger partial charge is 0.225 e. The molecule has 20 heavy (non-hydrogen) atoms. The molecule has 4 nitrogen and oxygen atoms in total. The number of aromatic nitrogens is 2. The fraction of sp³-hybridized carbons (Fsp3) is 0.286. The number of aryl methyl sites for hydroxylation is 1. The van der Waals surface area contributed by atoms with E-state index >= 15 is 0 Å². The first kappa shape index (κ1) is 13.5. The summed E-state index contributed by atoms with van der Waals surface area (Å²) in [6.45, 7) is 4.97. The van der Waals surface area contributed by atoms with Gasteiger partial charge in [0, 0.05) is 11.9 Å². The first-order chi connectivity index (χ1) is 9.78. The molecule has 1 N–H and O–H groups in total. The Bertz CT molecular complexity index is 720. The van der Waals surface area contributed by atoms with Gasteiger partial charge in [-0.15, -0.1) is 11.3 Å². The largest absolute Gasteiger partial charge is 0.468 e. The number of furan rings is 1. The summed E-state index contributed by atoms with van der Waals surface area (Å²) < 4.78 is 5.35. The fourth-order valence-corrected chi connectivity index (χ4v) is 3.56. The molecular formula is C14H15N3OS2. The number of thiophene rings is 1. The third-order valence-electron chi connectivity index (χ3n) is 2.84. The lowest BCUT2D eigenvalue weighted by Crippen LogP contribution is -2.04. The van der Waals surface area contributed by atoms with Crippen LogP contribution in [0.15, 0.2) is 38.1 Å². The second-order valence-corrected chi connectivity index (χ2v) is 6.29. The van der Waals surface area contributed by atoms with Crippen LogP contribution in [0.25, 0.3) is 10.2 Å². The van der Waals surface area contributed by atoms with Crippen LogP contribution in [0.5, 0.6) is 0 Å². The molecule has 0 saturated heterocycles. The molecule has 0 atom stereocenters. The molecule has 0 aliphatic carbocycles. The molecule has 104 valence electrons. The Hall–Kier alpha value is -1.53. The molecule has 0 fully saturated rings. The lowest BCUT2D eigenvalue weighted by atomic mass is 10.4. The summed E-state index contributed by atoms with van der Waals surface area (Å²) in [5.74, 6) is 1.62. The van der Waals surface area contributed by atoms with E-state index in [1.165, 1.54) is 0 Å². The van der Waals surface area contributed by atoms with E-state index in [2.05, 4.69) is 33.7 Å². The summed E-state index contributed by atoms with van der Waals surface area (Å²) in [4.78, 5) is 11.3. The van der Waals surface area contributed by atoms with Crippen LogP contribution >= 0.6 is 23.1 Å². The third kappa shape index (κ3) is 2.66. The summed E-state index contributed by atoms with van der Waals surface area (Å²) in [6, 6.07) is 4.04. The maximum Gasteiger partial charge on any atom is 0.225 e.